The molecule has 0 saturated carbocycles. The third-order valence-electron chi connectivity index (χ3n) is 2.41. The highest BCUT2D eigenvalue weighted by Crippen LogP contribution is 2.20. The predicted octanol–water partition coefficient (Wildman–Crippen LogP) is 1.15. The minimum Gasteiger partial charge on any atom is -0.351 e. The maximum absolute atomic E-state index is 12.7. The molecule has 1 aliphatic heterocycles. The van der Waals surface area contributed by atoms with E-state index in [-0.39, 0.29) is 12.4 Å². The van der Waals surface area contributed by atoms with Crippen molar-refractivity contribution in [2.75, 3.05) is 18.0 Å². The van der Waals surface area contributed by atoms with Crippen molar-refractivity contribution in [2.24, 2.45) is 5.73 Å². The first-order valence-corrected chi connectivity index (χ1v) is 4.73. The number of nitrogens with zero attached hydrogens (tertiary/aromatic N) is 2. The maximum Gasteiger partial charge on any atom is 0.332 e. The standard InChI is InChI=1S/C10H10FN3O2/c11-7-1-3-8(4-2-7)13-5-6-14(9(12)15)10(13)16/h1-4H,5-6H2,(H2,12,15). The van der Waals surface area contributed by atoms with Crippen molar-refractivity contribution < 1.29 is 14.0 Å². The Labute approximate surface area is 91.2 Å². The van der Waals surface area contributed by atoms with E-state index in [2.05, 4.69) is 0 Å². The number of urea groups is 2. The van der Waals surface area contributed by atoms with Crippen molar-refractivity contribution in [2.45, 2.75) is 0 Å². The number of anilines is 1. The van der Waals surface area contributed by atoms with Gasteiger partial charge in [-0.25, -0.2) is 18.9 Å². The normalized spacial score (nSPS) is 15.7. The van der Waals surface area contributed by atoms with E-state index in [1.54, 1.807) is 0 Å². The third-order valence-corrected chi connectivity index (χ3v) is 2.41. The fourth-order valence-corrected chi connectivity index (χ4v) is 1.60. The number of nitrogens with two attached hydrogens (primary N) is 1. The molecule has 1 heterocycles. The Morgan fingerprint density at radius 3 is 2.38 bits per heavy atom. The fourth-order valence-electron chi connectivity index (χ4n) is 1.60. The number of imide groups is 1. The van der Waals surface area contributed by atoms with Gasteiger partial charge in [-0.3, -0.25) is 4.90 Å². The molecule has 16 heavy (non-hydrogen) atoms. The molecule has 1 saturated heterocycles. The van der Waals surface area contributed by atoms with Gasteiger partial charge in [-0.1, -0.05) is 0 Å². The van der Waals surface area contributed by atoms with Crippen LogP contribution in [0.2, 0.25) is 0 Å². The van der Waals surface area contributed by atoms with Crippen LogP contribution in [0.3, 0.4) is 0 Å². The first kappa shape index (κ1) is 10.4. The summed E-state index contributed by atoms with van der Waals surface area (Å²) in [7, 11) is 0. The summed E-state index contributed by atoms with van der Waals surface area (Å²) in [6, 6.07) is 4.24. The van der Waals surface area contributed by atoms with Gasteiger partial charge in [-0.05, 0) is 24.3 Å². The van der Waals surface area contributed by atoms with Crippen LogP contribution in [0.4, 0.5) is 19.7 Å². The Morgan fingerprint density at radius 2 is 1.88 bits per heavy atom. The molecule has 1 aromatic carbocycles. The molecule has 2 N–H and O–H groups in total. The van der Waals surface area contributed by atoms with Gasteiger partial charge >= 0.3 is 12.1 Å². The van der Waals surface area contributed by atoms with Crippen LogP contribution in [-0.4, -0.2) is 30.1 Å². The maximum atomic E-state index is 12.7. The summed E-state index contributed by atoms with van der Waals surface area (Å²) in [6.45, 7) is 0.624. The van der Waals surface area contributed by atoms with E-state index in [0.29, 0.717) is 12.2 Å². The van der Waals surface area contributed by atoms with E-state index < -0.39 is 12.1 Å². The Hall–Kier alpha value is -2.11. The first-order valence-electron chi connectivity index (χ1n) is 4.73. The van der Waals surface area contributed by atoms with Crippen LogP contribution in [0.15, 0.2) is 24.3 Å². The monoisotopic (exact) mass is 223 g/mol. The van der Waals surface area contributed by atoms with Crippen molar-refractivity contribution in [3.8, 4) is 0 Å². The molecule has 0 unspecified atom stereocenters. The van der Waals surface area contributed by atoms with E-state index in [1.165, 1.54) is 29.2 Å². The first-order chi connectivity index (χ1) is 7.59. The van der Waals surface area contributed by atoms with Gasteiger partial charge in [-0.15, -0.1) is 0 Å². The van der Waals surface area contributed by atoms with Crippen molar-refractivity contribution in [3.05, 3.63) is 30.1 Å². The number of primary amides is 1. The van der Waals surface area contributed by atoms with E-state index in [1.807, 2.05) is 0 Å². The van der Waals surface area contributed by atoms with Crippen LogP contribution >= 0.6 is 0 Å². The lowest BCUT2D eigenvalue weighted by atomic mass is 10.3. The summed E-state index contributed by atoms with van der Waals surface area (Å²) in [6.07, 6.45) is 0. The van der Waals surface area contributed by atoms with Gasteiger partial charge in [0.1, 0.15) is 5.82 Å². The molecule has 0 spiro atoms. The van der Waals surface area contributed by atoms with Gasteiger partial charge < -0.3 is 5.73 Å². The molecule has 6 heteroatoms. The third kappa shape index (κ3) is 1.69. The topological polar surface area (TPSA) is 66.6 Å². The number of amides is 4. The molecule has 0 aliphatic carbocycles. The van der Waals surface area contributed by atoms with Crippen molar-refractivity contribution >= 4 is 17.7 Å². The number of rotatable bonds is 1. The zero-order valence-corrected chi connectivity index (χ0v) is 8.39. The van der Waals surface area contributed by atoms with E-state index >= 15 is 0 Å². The van der Waals surface area contributed by atoms with Crippen molar-refractivity contribution in [1.82, 2.24) is 4.90 Å². The number of carbonyl (C=O) groups excluding carboxylic acids is 2. The molecule has 2 rings (SSSR count). The Balaban J connectivity index is 2.21. The van der Waals surface area contributed by atoms with Gasteiger partial charge in [0.05, 0.1) is 6.54 Å². The second kappa shape index (κ2) is 3.80. The van der Waals surface area contributed by atoms with Gasteiger partial charge in [-0.2, -0.15) is 0 Å². The number of carbonyl (C=O) groups is 2. The summed E-state index contributed by atoms with van der Waals surface area (Å²) >= 11 is 0. The van der Waals surface area contributed by atoms with Crippen LogP contribution in [0.1, 0.15) is 0 Å². The molecule has 0 aromatic heterocycles. The summed E-state index contributed by atoms with van der Waals surface area (Å²) in [4.78, 5) is 24.9. The minimum atomic E-state index is -0.769. The smallest absolute Gasteiger partial charge is 0.332 e. The van der Waals surface area contributed by atoms with Crippen LogP contribution in [0.5, 0.6) is 0 Å². The van der Waals surface area contributed by atoms with Crippen LogP contribution in [0.25, 0.3) is 0 Å². The largest absolute Gasteiger partial charge is 0.351 e. The second-order valence-electron chi connectivity index (χ2n) is 3.40. The zero-order chi connectivity index (χ0) is 11.7. The summed E-state index contributed by atoms with van der Waals surface area (Å²) in [5, 5.41) is 0. The molecule has 1 aliphatic rings. The molecular weight excluding hydrogens is 213 g/mol. The fraction of sp³-hybridized carbons (Fsp3) is 0.200. The van der Waals surface area contributed by atoms with Gasteiger partial charge in [0.15, 0.2) is 0 Å². The second-order valence-corrected chi connectivity index (χ2v) is 3.40. The van der Waals surface area contributed by atoms with E-state index in [9.17, 15) is 14.0 Å². The number of hydrogen-bond donors (Lipinski definition) is 1. The summed E-state index contributed by atoms with van der Waals surface area (Å²) in [5.41, 5.74) is 5.58. The minimum absolute atomic E-state index is 0.255. The molecule has 4 amide bonds. The summed E-state index contributed by atoms with van der Waals surface area (Å²) < 4.78 is 12.7. The lowest BCUT2D eigenvalue weighted by molar-refractivity contribution is 0.206. The van der Waals surface area contributed by atoms with Crippen LogP contribution in [0, 0.1) is 5.82 Å². The number of hydrogen-bond acceptors (Lipinski definition) is 2. The average Bonchev–Trinajstić information content (AvgIpc) is 2.61. The van der Waals surface area contributed by atoms with E-state index in [0.717, 1.165) is 4.90 Å². The summed E-state index contributed by atoms with van der Waals surface area (Å²) in [5.74, 6) is -0.373. The lowest BCUT2D eigenvalue weighted by Crippen LogP contribution is -2.39. The quantitative estimate of drug-likeness (QED) is 0.775. The predicted molar refractivity (Wildman–Crippen MR) is 55.4 cm³/mol. The average molecular weight is 223 g/mol. The van der Waals surface area contributed by atoms with Crippen LogP contribution < -0.4 is 10.6 Å². The van der Waals surface area contributed by atoms with Gasteiger partial charge in [0.25, 0.3) is 0 Å². The number of benzene rings is 1. The molecule has 0 atom stereocenters. The van der Waals surface area contributed by atoms with Crippen LogP contribution in [-0.2, 0) is 0 Å². The molecule has 84 valence electrons. The number of halogens is 1. The van der Waals surface area contributed by atoms with E-state index in [4.69, 9.17) is 5.73 Å². The zero-order valence-electron chi connectivity index (χ0n) is 8.39. The van der Waals surface area contributed by atoms with Crippen molar-refractivity contribution in [1.29, 1.82) is 0 Å². The highest BCUT2D eigenvalue weighted by molar-refractivity contribution is 6.03. The highest BCUT2D eigenvalue weighted by atomic mass is 19.1. The molecule has 1 fully saturated rings. The molecule has 0 bridgehead atoms. The Kier molecular flexibility index (Phi) is 2.47. The van der Waals surface area contributed by atoms with Gasteiger partial charge in [0.2, 0.25) is 0 Å². The Morgan fingerprint density at radius 1 is 1.25 bits per heavy atom. The molecule has 5 nitrogen and oxygen atoms in total. The van der Waals surface area contributed by atoms with Gasteiger partial charge in [0, 0.05) is 12.2 Å². The van der Waals surface area contributed by atoms with Crippen molar-refractivity contribution in [3.63, 3.8) is 0 Å². The molecule has 1 aromatic rings. The lowest BCUT2D eigenvalue weighted by Gasteiger charge is -2.16. The molecular formula is C10H10FN3O2. The SMILES string of the molecule is NC(=O)N1CCN(c2ccc(F)cc2)C1=O. The Bertz CT molecular complexity index is 432. The molecule has 0 radical (unpaired) electrons. The highest BCUT2D eigenvalue weighted by Gasteiger charge is 2.32.